The van der Waals surface area contributed by atoms with Gasteiger partial charge in [0, 0.05) is 25.9 Å². The first-order valence-electron chi connectivity index (χ1n) is 6.94. The minimum absolute atomic E-state index is 0. The highest BCUT2D eigenvalue weighted by molar-refractivity contribution is 6.21. The molecule has 0 bridgehead atoms. The van der Waals surface area contributed by atoms with E-state index in [0.717, 1.165) is 31.5 Å². The predicted octanol–water partition coefficient (Wildman–Crippen LogP) is 3.04. The molecule has 2 aliphatic rings. The van der Waals surface area contributed by atoms with Crippen LogP contribution in [0.5, 0.6) is 0 Å². The van der Waals surface area contributed by atoms with Crippen LogP contribution in [0, 0.1) is 5.82 Å². The monoisotopic (exact) mass is 311 g/mol. The summed E-state index contributed by atoms with van der Waals surface area (Å²) < 4.78 is 18.9. The van der Waals surface area contributed by atoms with E-state index >= 15 is 0 Å². The zero-order valence-electron chi connectivity index (χ0n) is 12.0. The SMILES string of the molecule is CN1CCC2(CC1)CC(=O)C(c1ccc(F)cc1)=CO2.Cl. The highest BCUT2D eigenvalue weighted by Gasteiger charge is 2.40. The maximum atomic E-state index is 12.9. The number of ether oxygens (including phenoxy) is 1. The molecule has 1 fully saturated rings. The fourth-order valence-corrected chi connectivity index (χ4v) is 2.86. The van der Waals surface area contributed by atoms with Crippen molar-refractivity contribution in [3.05, 3.63) is 41.9 Å². The second kappa shape index (κ2) is 6.16. The number of piperidine rings is 1. The van der Waals surface area contributed by atoms with Gasteiger partial charge in [-0.1, -0.05) is 12.1 Å². The van der Waals surface area contributed by atoms with Crippen molar-refractivity contribution in [2.24, 2.45) is 0 Å². The fourth-order valence-electron chi connectivity index (χ4n) is 2.86. The Hall–Kier alpha value is -1.39. The van der Waals surface area contributed by atoms with E-state index in [1.54, 1.807) is 18.4 Å². The molecule has 1 aromatic rings. The van der Waals surface area contributed by atoms with Gasteiger partial charge in [-0.05, 0) is 24.7 Å². The average Bonchev–Trinajstić information content (AvgIpc) is 2.44. The van der Waals surface area contributed by atoms with Gasteiger partial charge in [-0.15, -0.1) is 12.4 Å². The molecule has 1 saturated heterocycles. The lowest BCUT2D eigenvalue weighted by molar-refractivity contribution is -0.124. The molecule has 2 aliphatic heterocycles. The fraction of sp³-hybridized carbons (Fsp3) is 0.438. The maximum absolute atomic E-state index is 12.9. The first kappa shape index (κ1) is 16.0. The Bertz CT molecular complexity index is 548. The second-order valence-electron chi connectivity index (χ2n) is 5.74. The molecule has 0 atom stereocenters. The number of likely N-dealkylation sites (tertiary alicyclic amines) is 1. The molecule has 2 heterocycles. The molecule has 0 saturated carbocycles. The third kappa shape index (κ3) is 3.27. The number of halogens is 2. The van der Waals surface area contributed by atoms with Crippen LogP contribution in [0.2, 0.25) is 0 Å². The minimum atomic E-state index is -0.326. The van der Waals surface area contributed by atoms with Crippen LogP contribution in [0.3, 0.4) is 0 Å². The van der Waals surface area contributed by atoms with E-state index in [-0.39, 0.29) is 29.6 Å². The second-order valence-corrected chi connectivity index (χ2v) is 5.74. The highest BCUT2D eigenvalue weighted by Crippen LogP contribution is 2.36. The van der Waals surface area contributed by atoms with Crippen LogP contribution in [0.1, 0.15) is 24.8 Å². The van der Waals surface area contributed by atoms with Gasteiger partial charge >= 0.3 is 0 Å². The quantitative estimate of drug-likeness (QED) is 0.798. The lowest BCUT2D eigenvalue weighted by atomic mass is 9.82. The summed E-state index contributed by atoms with van der Waals surface area (Å²) in [7, 11) is 2.08. The molecule has 21 heavy (non-hydrogen) atoms. The Labute approximate surface area is 130 Å². The summed E-state index contributed by atoms with van der Waals surface area (Å²) in [5.74, 6) is -0.210. The molecule has 0 aromatic heterocycles. The molecule has 114 valence electrons. The Balaban J connectivity index is 0.00000161. The zero-order valence-corrected chi connectivity index (χ0v) is 12.8. The number of benzene rings is 1. The molecule has 3 nitrogen and oxygen atoms in total. The Kier molecular flexibility index (Phi) is 4.69. The number of carbonyl (C=O) groups is 1. The molecule has 3 rings (SSSR count). The van der Waals surface area contributed by atoms with E-state index in [1.807, 2.05) is 0 Å². The number of rotatable bonds is 1. The van der Waals surface area contributed by atoms with Gasteiger partial charge in [-0.3, -0.25) is 4.79 Å². The number of carbonyl (C=O) groups excluding carboxylic acids is 1. The van der Waals surface area contributed by atoms with Crippen molar-refractivity contribution in [1.29, 1.82) is 0 Å². The predicted molar refractivity (Wildman–Crippen MR) is 81.8 cm³/mol. The Morgan fingerprint density at radius 2 is 1.81 bits per heavy atom. The van der Waals surface area contributed by atoms with Gasteiger partial charge in [0.1, 0.15) is 11.4 Å². The minimum Gasteiger partial charge on any atom is -0.494 e. The number of hydrogen-bond donors (Lipinski definition) is 0. The molecule has 0 radical (unpaired) electrons. The van der Waals surface area contributed by atoms with Gasteiger partial charge in [0.25, 0.3) is 0 Å². The van der Waals surface area contributed by atoms with Gasteiger partial charge in [0.15, 0.2) is 5.78 Å². The molecule has 0 unspecified atom stereocenters. The molecule has 1 aromatic carbocycles. The number of nitrogens with zero attached hydrogens (tertiary/aromatic N) is 1. The van der Waals surface area contributed by atoms with Crippen molar-refractivity contribution >= 4 is 23.8 Å². The first-order chi connectivity index (χ1) is 9.58. The molecule has 0 N–H and O–H groups in total. The van der Waals surface area contributed by atoms with Crippen molar-refractivity contribution in [3.8, 4) is 0 Å². The smallest absolute Gasteiger partial charge is 0.170 e. The molecular formula is C16H19ClFNO2. The zero-order chi connectivity index (χ0) is 14.2. The largest absolute Gasteiger partial charge is 0.494 e. The number of ketones is 1. The third-order valence-electron chi connectivity index (χ3n) is 4.26. The van der Waals surface area contributed by atoms with Crippen LogP contribution in [0.4, 0.5) is 4.39 Å². The highest BCUT2D eigenvalue weighted by atomic mass is 35.5. The lowest BCUT2D eigenvalue weighted by Gasteiger charge is -2.41. The van der Waals surface area contributed by atoms with E-state index in [0.29, 0.717) is 12.0 Å². The summed E-state index contributed by atoms with van der Waals surface area (Å²) in [6.45, 7) is 1.90. The van der Waals surface area contributed by atoms with Crippen LogP contribution >= 0.6 is 12.4 Å². The normalized spacial score (nSPS) is 21.4. The van der Waals surface area contributed by atoms with E-state index in [1.165, 1.54) is 12.1 Å². The average molecular weight is 312 g/mol. The van der Waals surface area contributed by atoms with Crippen molar-refractivity contribution in [3.63, 3.8) is 0 Å². The summed E-state index contributed by atoms with van der Waals surface area (Å²) >= 11 is 0. The van der Waals surface area contributed by atoms with Crippen LogP contribution in [0.25, 0.3) is 5.57 Å². The van der Waals surface area contributed by atoms with Crippen molar-refractivity contribution in [2.45, 2.75) is 24.9 Å². The van der Waals surface area contributed by atoms with E-state index < -0.39 is 0 Å². The van der Waals surface area contributed by atoms with Crippen LogP contribution in [0.15, 0.2) is 30.5 Å². The summed E-state index contributed by atoms with van der Waals surface area (Å²) in [5.41, 5.74) is 0.946. The standard InChI is InChI=1S/C16H18FNO2.ClH/c1-18-8-6-16(7-9-18)10-15(19)14(11-20-16)12-2-4-13(17)5-3-12;/h2-5,11H,6-10H2,1H3;1H. The summed E-state index contributed by atoms with van der Waals surface area (Å²) in [4.78, 5) is 14.6. The van der Waals surface area contributed by atoms with Crippen molar-refractivity contribution in [2.75, 3.05) is 20.1 Å². The molecule has 1 spiro atoms. The Morgan fingerprint density at radius 3 is 2.38 bits per heavy atom. The van der Waals surface area contributed by atoms with Crippen LogP contribution in [-0.2, 0) is 9.53 Å². The first-order valence-corrected chi connectivity index (χ1v) is 6.94. The number of hydrogen-bond acceptors (Lipinski definition) is 3. The maximum Gasteiger partial charge on any atom is 0.170 e. The van der Waals surface area contributed by atoms with E-state index in [9.17, 15) is 9.18 Å². The van der Waals surface area contributed by atoms with Crippen LogP contribution in [-0.4, -0.2) is 36.4 Å². The van der Waals surface area contributed by atoms with Gasteiger partial charge in [-0.2, -0.15) is 0 Å². The summed E-state index contributed by atoms with van der Waals surface area (Å²) in [5, 5.41) is 0. The van der Waals surface area contributed by atoms with E-state index in [4.69, 9.17) is 4.74 Å². The molecule has 0 aliphatic carbocycles. The van der Waals surface area contributed by atoms with Crippen molar-refractivity contribution < 1.29 is 13.9 Å². The van der Waals surface area contributed by atoms with Gasteiger partial charge < -0.3 is 9.64 Å². The van der Waals surface area contributed by atoms with Crippen molar-refractivity contribution in [1.82, 2.24) is 4.90 Å². The molecular weight excluding hydrogens is 293 g/mol. The third-order valence-corrected chi connectivity index (χ3v) is 4.26. The summed E-state index contributed by atoms with van der Waals surface area (Å²) in [6, 6.07) is 5.97. The van der Waals surface area contributed by atoms with Crippen LogP contribution < -0.4 is 0 Å². The molecule has 0 amide bonds. The number of allylic oxidation sites excluding steroid dienone is 1. The summed E-state index contributed by atoms with van der Waals surface area (Å²) in [6.07, 6.45) is 3.75. The topological polar surface area (TPSA) is 29.5 Å². The Morgan fingerprint density at radius 1 is 1.19 bits per heavy atom. The molecule has 5 heteroatoms. The lowest BCUT2D eigenvalue weighted by Crippen LogP contribution is -2.46. The van der Waals surface area contributed by atoms with E-state index in [2.05, 4.69) is 11.9 Å². The number of Topliss-reactive ketones (excluding diaryl/α,β-unsaturated/α-hetero) is 1. The van der Waals surface area contributed by atoms with Gasteiger partial charge in [0.05, 0.1) is 18.3 Å². The van der Waals surface area contributed by atoms with Gasteiger partial charge in [-0.25, -0.2) is 4.39 Å². The van der Waals surface area contributed by atoms with Gasteiger partial charge in [0.2, 0.25) is 0 Å².